The van der Waals surface area contributed by atoms with Gasteiger partial charge in [-0.05, 0) is 61.3 Å². The number of hydrogen-bond donors (Lipinski definition) is 1. The molecule has 0 bridgehead atoms. The summed E-state index contributed by atoms with van der Waals surface area (Å²) in [6.45, 7) is 1.43. The Hall–Kier alpha value is -2.48. The molecule has 4 rings (SSSR count). The molecule has 176 valence electrons. The van der Waals surface area contributed by atoms with Gasteiger partial charge in [0.05, 0.1) is 0 Å². The van der Waals surface area contributed by atoms with Crippen LogP contribution in [0.3, 0.4) is 0 Å². The van der Waals surface area contributed by atoms with Crippen LogP contribution in [-0.2, 0) is 4.79 Å². The summed E-state index contributed by atoms with van der Waals surface area (Å²) in [7, 11) is 0. The molecule has 3 aliphatic rings. The summed E-state index contributed by atoms with van der Waals surface area (Å²) < 4.78 is 38.9. The summed E-state index contributed by atoms with van der Waals surface area (Å²) in [5, 5.41) is 1.70. The third-order valence-corrected chi connectivity index (χ3v) is 7.71. The molecule has 4 nitrogen and oxygen atoms in total. The van der Waals surface area contributed by atoms with E-state index in [2.05, 4.69) is 17.5 Å². The molecule has 1 N–H and O–H groups in total. The predicted molar refractivity (Wildman–Crippen MR) is 125 cm³/mol. The highest BCUT2D eigenvalue weighted by molar-refractivity contribution is 8.15. The van der Waals surface area contributed by atoms with Gasteiger partial charge in [0.25, 0.3) is 5.24 Å². The average Bonchev–Trinajstić information content (AvgIpc) is 3.32. The molecule has 1 saturated heterocycles. The Morgan fingerprint density at radius 1 is 1.21 bits per heavy atom. The maximum absolute atomic E-state index is 13.0. The highest BCUT2D eigenvalue weighted by Crippen LogP contribution is 2.44. The molecule has 0 aromatic heterocycles. The monoisotopic (exact) mass is 476 g/mol. The molecule has 33 heavy (non-hydrogen) atoms. The number of amides is 2. The van der Waals surface area contributed by atoms with E-state index in [1.54, 1.807) is 12.1 Å². The van der Waals surface area contributed by atoms with Crippen molar-refractivity contribution in [2.75, 3.05) is 18.0 Å². The van der Waals surface area contributed by atoms with Crippen molar-refractivity contribution >= 4 is 28.6 Å². The number of nitrogens with zero attached hydrogens (tertiary/aromatic N) is 1. The third-order valence-electron chi connectivity index (χ3n) is 6.59. The number of thioether (sulfide) groups is 1. The second-order valence-electron chi connectivity index (χ2n) is 8.64. The van der Waals surface area contributed by atoms with E-state index in [-0.39, 0.29) is 28.2 Å². The van der Waals surface area contributed by atoms with Crippen molar-refractivity contribution in [1.29, 1.82) is 0 Å². The first-order chi connectivity index (χ1) is 15.8. The minimum Gasteiger partial charge on any atom is -0.362 e. The third kappa shape index (κ3) is 5.37. The number of allylic oxidation sites excluding steroid dienone is 6. The standard InChI is InChI=1S/C25H27F3N2O2S/c1-2-16-11-12-20(22-23(31)29-24(32)33-22)18(16)8-4-3-7-17-13-14-30(15-25(26,27)28)21-10-6-5-9-19(17)21/h2-6,8-10,17,20,22H,7,11-15H2,1H3,(H,29,31,32)/b4-3+,16-2-,18-8+/t17?,20-,22?/m1/s1. The zero-order chi connectivity index (χ0) is 23.6. The van der Waals surface area contributed by atoms with Gasteiger partial charge in [-0.25, -0.2) is 0 Å². The van der Waals surface area contributed by atoms with Gasteiger partial charge in [-0.15, -0.1) is 0 Å². The average molecular weight is 477 g/mol. The number of carbonyl (C=O) groups is 2. The summed E-state index contributed by atoms with van der Waals surface area (Å²) in [4.78, 5) is 25.2. The lowest BCUT2D eigenvalue weighted by Gasteiger charge is -2.36. The van der Waals surface area contributed by atoms with E-state index in [4.69, 9.17) is 0 Å². The molecule has 1 aromatic rings. The molecule has 3 atom stereocenters. The second kappa shape index (κ2) is 9.79. The van der Waals surface area contributed by atoms with Gasteiger partial charge in [-0.2, -0.15) is 13.2 Å². The van der Waals surface area contributed by atoms with Gasteiger partial charge >= 0.3 is 6.18 Å². The fourth-order valence-electron chi connectivity index (χ4n) is 5.09. The van der Waals surface area contributed by atoms with Gasteiger partial charge in [0, 0.05) is 18.2 Å². The Kier molecular flexibility index (Phi) is 7.02. The first-order valence-corrected chi connectivity index (χ1v) is 12.1. The summed E-state index contributed by atoms with van der Waals surface area (Å²) in [5.74, 6) is -0.0530. The number of imide groups is 1. The van der Waals surface area contributed by atoms with Crippen molar-refractivity contribution in [3.8, 4) is 0 Å². The maximum atomic E-state index is 13.0. The van der Waals surface area contributed by atoms with Crippen LogP contribution in [0.15, 0.2) is 59.7 Å². The number of nitrogens with one attached hydrogen (secondary N) is 1. The van der Waals surface area contributed by atoms with E-state index in [0.29, 0.717) is 18.7 Å². The molecule has 0 radical (unpaired) electrons. The fourth-order valence-corrected chi connectivity index (χ4v) is 6.09. The van der Waals surface area contributed by atoms with Crippen LogP contribution in [0.2, 0.25) is 0 Å². The lowest BCUT2D eigenvalue weighted by atomic mass is 9.87. The number of anilines is 1. The van der Waals surface area contributed by atoms with Crippen LogP contribution in [0, 0.1) is 5.92 Å². The minimum absolute atomic E-state index is 0.00336. The SMILES string of the molecule is C/C=C1/CC[C@@H](C2SC(=O)NC2=O)/C1=C/C=C/CC1CCN(CC(F)(F)F)c2ccccc21. The number of fused-ring (bicyclic) bond motifs is 1. The van der Waals surface area contributed by atoms with E-state index >= 15 is 0 Å². The zero-order valence-corrected chi connectivity index (χ0v) is 19.2. The molecule has 2 aliphatic heterocycles. The first-order valence-electron chi connectivity index (χ1n) is 11.2. The molecule has 0 spiro atoms. The fraction of sp³-hybridized carbons (Fsp3) is 0.440. The van der Waals surface area contributed by atoms with Crippen LogP contribution in [0.1, 0.15) is 44.1 Å². The summed E-state index contributed by atoms with van der Waals surface area (Å²) >= 11 is 1.07. The normalized spacial score (nSPS) is 28.2. The van der Waals surface area contributed by atoms with E-state index in [9.17, 15) is 22.8 Å². The van der Waals surface area contributed by atoms with E-state index in [0.717, 1.165) is 42.2 Å². The van der Waals surface area contributed by atoms with Crippen LogP contribution in [0.4, 0.5) is 23.7 Å². The van der Waals surface area contributed by atoms with Gasteiger partial charge in [0.2, 0.25) is 5.91 Å². The largest absolute Gasteiger partial charge is 0.405 e. The molecule has 2 amide bonds. The van der Waals surface area contributed by atoms with Gasteiger partial charge in [0.1, 0.15) is 11.8 Å². The number of halogens is 3. The quantitative estimate of drug-likeness (QED) is 0.556. The van der Waals surface area contributed by atoms with Gasteiger partial charge < -0.3 is 4.90 Å². The van der Waals surface area contributed by atoms with Crippen molar-refractivity contribution < 1.29 is 22.8 Å². The van der Waals surface area contributed by atoms with Crippen molar-refractivity contribution in [3.63, 3.8) is 0 Å². The molecule has 1 aliphatic carbocycles. The Bertz CT molecular complexity index is 1020. The van der Waals surface area contributed by atoms with E-state index in [1.165, 1.54) is 10.5 Å². The molecule has 2 heterocycles. The van der Waals surface area contributed by atoms with Gasteiger partial charge in [-0.3, -0.25) is 14.9 Å². The van der Waals surface area contributed by atoms with E-state index in [1.807, 2.05) is 31.2 Å². The van der Waals surface area contributed by atoms with Crippen molar-refractivity contribution in [1.82, 2.24) is 5.32 Å². The number of para-hydroxylation sites is 1. The molecular formula is C25H27F3N2O2S. The molecule has 1 aromatic carbocycles. The zero-order valence-electron chi connectivity index (χ0n) is 18.4. The molecule has 1 saturated carbocycles. The van der Waals surface area contributed by atoms with Crippen molar-refractivity contribution in [3.05, 3.63) is 65.3 Å². The minimum atomic E-state index is -4.23. The Morgan fingerprint density at radius 3 is 2.70 bits per heavy atom. The highest BCUT2D eigenvalue weighted by Gasteiger charge is 2.42. The maximum Gasteiger partial charge on any atom is 0.405 e. The Labute approximate surface area is 196 Å². The summed E-state index contributed by atoms with van der Waals surface area (Å²) in [6.07, 6.45) is 7.02. The van der Waals surface area contributed by atoms with Gasteiger partial charge in [-0.1, -0.05) is 54.3 Å². The van der Waals surface area contributed by atoms with Crippen LogP contribution in [0.25, 0.3) is 0 Å². The number of alkyl halides is 3. The van der Waals surface area contributed by atoms with Crippen molar-refractivity contribution in [2.45, 2.75) is 50.0 Å². The summed E-state index contributed by atoms with van der Waals surface area (Å²) in [6, 6.07) is 7.35. The van der Waals surface area contributed by atoms with Crippen LogP contribution in [-0.4, -0.2) is 35.7 Å². The summed E-state index contributed by atoms with van der Waals surface area (Å²) in [5.41, 5.74) is 3.91. The number of rotatable bonds is 5. The van der Waals surface area contributed by atoms with E-state index < -0.39 is 12.7 Å². The molecule has 8 heteroatoms. The lowest BCUT2D eigenvalue weighted by molar-refractivity contribution is -0.120. The highest BCUT2D eigenvalue weighted by atomic mass is 32.2. The van der Waals surface area contributed by atoms with Crippen LogP contribution < -0.4 is 10.2 Å². The van der Waals surface area contributed by atoms with Crippen LogP contribution in [0.5, 0.6) is 0 Å². The predicted octanol–water partition coefficient (Wildman–Crippen LogP) is 6.12. The first kappa shape index (κ1) is 23.7. The molecule has 2 unspecified atom stereocenters. The van der Waals surface area contributed by atoms with Gasteiger partial charge in [0.15, 0.2) is 0 Å². The number of hydrogen-bond acceptors (Lipinski definition) is 4. The smallest absolute Gasteiger partial charge is 0.362 e. The Balaban J connectivity index is 1.47. The van der Waals surface area contributed by atoms with Crippen molar-refractivity contribution in [2.24, 2.45) is 5.92 Å². The second-order valence-corrected chi connectivity index (χ2v) is 9.76. The molecule has 2 fully saturated rings. The lowest BCUT2D eigenvalue weighted by Crippen LogP contribution is -2.38. The number of benzene rings is 1. The molecular weight excluding hydrogens is 449 g/mol. The van der Waals surface area contributed by atoms with Crippen LogP contribution >= 0.6 is 11.8 Å². The number of carbonyl (C=O) groups excluding carboxylic acids is 2. The topological polar surface area (TPSA) is 49.4 Å². The Morgan fingerprint density at radius 2 is 2.00 bits per heavy atom.